The second-order valence-corrected chi connectivity index (χ2v) is 6.79. The van der Waals surface area contributed by atoms with Crippen LogP contribution in [-0.4, -0.2) is 74.2 Å². The standard InChI is InChI=1S/C20H28N4O2/c1-21-8-9-22-12-16-13-24(14-20(16)25)10-6-15-5-7-23-19-4-3-17(26-2)11-18(15)19/h3-5,7-8,11,16,20,22,25H,6,9-10,12-14H2,1-2H3. The topological polar surface area (TPSA) is 70.0 Å². The van der Waals surface area contributed by atoms with E-state index in [1.54, 1.807) is 14.2 Å². The summed E-state index contributed by atoms with van der Waals surface area (Å²) in [5, 5.41) is 14.8. The molecule has 6 heteroatoms. The number of aliphatic imine (C=N–C) groups is 1. The lowest BCUT2D eigenvalue weighted by atomic mass is 10.1. The first-order valence-electron chi connectivity index (χ1n) is 9.14. The van der Waals surface area contributed by atoms with Crippen LogP contribution in [0.4, 0.5) is 0 Å². The Morgan fingerprint density at radius 2 is 2.27 bits per heavy atom. The fourth-order valence-electron chi connectivity index (χ4n) is 3.55. The predicted molar refractivity (Wildman–Crippen MR) is 105 cm³/mol. The van der Waals surface area contributed by atoms with Gasteiger partial charge in [-0.25, -0.2) is 0 Å². The minimum atomic E-state index is -0.268. The molecule has 2 atom stereocenters. The van der Waals surface area contributed by atoms with Gasteiger partial charge in [0.15, 0.2) is 0 Å². The smallest absolute Gasteiger partial charge is 0.119 e. The maximum Gasteiger partial charge on any atom is 0.119 e. The van der Waals surface area contributed by atoms with Crippen LogP contribution in [0.5, 0.6) is 5.75 Å². The second kappa shape index (κ2) is 9.07. The number of hydrogen-bond donors (Lipinski definition) is 2. The summed E-state index contributed by atoms with van der Waals surface area (Å²) >= 11 is 0. The van der Waals surface area contributed by atoms with Crippen molar-refractivity contribution in [2.45, 2.75) is 12.5 Å². The predicted octanol–water partition coefficient (Wildman–Crippen LogP) is 1.37. The van der Waals surface area contributed by atoms with E-state index in [0.717, 1.165) is 55.8 Å². The van der Waals surface area contributed by atoms with E-state index >= 15 is 0 Å². The molecule has 1 aliphatic rings. The van der Waals surface area contributed by atoms with Crippen LogP contribution < -0.4 is 10.1 Å². The van der Waals surface area contributed by atoms with Crippen LogP contribution in [0.1, 0.15) is 5.56 Å². The molecular weight excluding hydrogens is 328 g/mol. The van der Waals surface area contributed by atoms with Gasteiger partial charge >= 0.3 is 0 Å². The molecule has 2 unspecified atom stereocenters. The number of hydrogen-bond acceptors (Lipinski definition) is 6. The summed E-state index contributed by atoms with van der Waals surface area (Å²) in [4.78, 5) is 10.7. The van der Waals surface area contributed by atoms with Gasteiger partial charge in [-0.1, -0.05) is 0 Å². The van der Waals surface area contributed by atoms with Gasteiger partial charge in [-0.2, -0.15) is 0 Å². The number of likely N-dealkylation sites (tertiary alicyclic amines) is 1. The Hall–Kier alpha value is -2.02. The van der Waals surface area contributed by atoms with Gasteiger partial charge in [-0.15, -0.1) is 0 Å². The molecule has 1 aliphatic heterocycles. The summed E-state index contributed by atoms with van der Waals surface area (Å²) in [7, 11) is 3.45. The SMILES string of the molecule is CN=CCNCC1CN(CCc2ccnc3ccc(OC)cc23)CC1O. The number of nitrogens with zero attached hydrogens (tertiary/aromatic N) is 3. The van der Waals surface area contributed by atoms with Crippen molar-refractivity contribution in [1.82, 2.24) is 15.2 Å². The van der Waals surface area contributed by atoms with Gasteiger partial charge in [0.25, 0.3) is 0 Å². The van der Waals surface area contributed by atoms with Gasteiger partial charge in [-0.05, 0) is 36.2 Å². The summed E-state index contributed by atoms with van der Waals surface area (Å²) in [5.74, 6) is 1.12. The number of fused-ring (bicyclic) bond motifs is 1. The zero-order chi connectivity index (χ0) is 18.4. The molecule has 0 spiro atoms. The van der Waals surface area contributed by atoms with Crippen LogP contribution in [0.15, 0.2) is 35.5 Å². The number of pyridine rings is 1. The molecule has 0 amide bonds. The Labute approximate surface area is 154 Å². The van der Waals surface area contributed by atoms with Gasteiger partial charge in [0, 0.05) is 63.5 Å². The molecule has 0 radical (unpaired) electrons. The molecule has 2 N–H and O–H groups in total. The number of aromatic nitrogens is 1. The van der Waals surface area contributed by atoms with E-state index in [9.17, 15) is 5.11 Å². The molecule has 0 bridgehead atoms. The highest BCUT2D eigenvalue weighted by molar-refractivity contribution is 5.83. The lowest BCUT2D eigenvalue weighted by Gasteiger charge is -2.16. The molecule has 140 valence electrons. The number of ether oxygens (including phenoxy) is 1. The third-order valence-corrected chi connectivity index (χ3v) is 5.04. The Balaban J connectivity index is 1.58. The molecular formula is C20H28N4O2. The largest absolute Gasteiger partial charge is 0.497 e. The minimum absolute atomic E-state index is 0.268. The number of rotatable bonds is 8. The van der Waals surface area contributed by atoms with Crippen molar-refractivity contribution in [3.05, 3.63) is 36.0 Å². The van der Waals surface area contributed by atoms with Crippen LogP contribution in [0.25, 0.3) is 10.9 Å². The van der Waals surface area contributed by atoms with Gasteiger partial charge in [0.1, 0.15) is 5.75 Å². The number of aliphatic hydroxyl groups excluding tert-OH is 1. The third-order valence-electron chi connectivity index (χ3n) is 5.04. The van der Waals surface area contributed by atoms with Gasteiger partial charge in [0.2, 0.25) is 0 Å². The molecule has 1 fully saturated rings. The van der Waals surface area contributed by atoms with E-state index in [-0.39, 0.29) is 12.0 Å². The van der Waals surface area contributed by atoms with E-state index in [1.165, 1.54) is 5.56 Å². The van der Waals surface area contributed by atoms with Crippen molar-refractivity contribution in [3.63, 3.8) is 0 Å². The molecule has 0 aliphatic carbocycles. The number of aliphatic hydroxyl groups is 1. The molecule has 1 aromatic heterocycles. The first kappa shape index (κ1) is 18.8. The van der Waals surface area contributed by atoms with E-state index in [2.05, 4.69) is 32.3 Å². The lowest BCUT2D eigenvalue weighted by Crippen LogP contribution is -2.31. The minimum Gasteiger partial charge on any atom is -0.497 e. The highest BCUT2D eigenvalue weighted by Gasteiger charge is 2.30. The Kier molecular flexibility index (Phi) is 6.55. The maximum atomic E-state index is 10.3. The first-order chi connectivity index (χ1) is 12.7. The monoisotopic (exact) mass is 356 g/mol. The number of benzene rings is 1. The third kappa shape index (κ3) is 4.58. The number of nitrogens with one attached hydrogen (secondary N) is 1. The van der Waals surface area contributed by atoms with Crippen LogP contribution in [0.2, 0.25) is 0 Å². The van der Waals surface area contributed by atoms with Crippen LogP contribution in [-0.2, 0) is 6.42 Å². The average Bonchev–Trinajstić information content (AvgIpc) is 3.02. The van der Waals surface area contributed by atoms with E-state index in [0.29, 0.717) is 0 Å². The zero-order valence-corrected chi connectivity index (χ0v) is 15.6. The van der Waals surface area contributed by atoms with E-state index < -0.39 is 0 Å². The molecule has 1 aromatic carbocycles. The molecule has 6 nitrogen and oxygen atoms in total. The second-order valence-electron chi connectivity index (χ2n) is 6.79. The average molecular weight is 356 g/mol. The summed E-state index contributed by atoms with van der Waals surface area (Å²) in [6.45, 7) is 4.16. The molecule has 3 rings (SSSR count). The van der Waals surface area contributed by atoms with Crippen LogP contribution in [0, 0.1) is 5.92 Å². The Morgan fingerprint density at radius 3 is 3.08 bits per heavy atom. The lowest BCUT2D eigenvalue weighted by molar-refractivity contribution is 0.141. The van der Waals surface area contributed by atoms with Crippen molar-refractivity contribution in [2.75, 3.05) is 46.9 Å². The molecule has 2 aromatic rings. The van der Waals surface area contributed by atoms with Gasteiger partial charge in [-0.3, -0.25) is 9.98 Å². The fraction of sp³-hybridized carbons (Fsp3) is 0.500. The number of methoxy groups -OCH3 is 1. The van der Waals surface area contributed by atoms with Gasteiger partial charge in [0.05, 0.1) is 18.7 Å². The van der Waals surface area contributed by atoms with Crippen molar-refractivity contribution < 1.29 is 9.84 Å². The Bertz CT molecular complexity index is 750. The quantitative estimate of drug-likeness (QED) is 0.552. The summed E-state index contributed by atoms with van der Waals surface area (Å²) in [5.41, 5.74) is 2.26. The summed E-state index contributed by atoms with van der Waals surface area (Å²) in [6.07, 6.45) is 4.38. The highest BCUT2D eigenvalue weighted by Crippen LogP contribution is 2.24. The van der Waals surface area contributed by atoms with Crippen molar-refractivity contribution in [2.24, 2.45) is 10.9 Å². The summed E-state index contributed by atoms with van der Waals surface area (Å²) in [6, 6.07) is 8.07. The molecule has 26 heavy (non-hydrogen) atoms. The van der Waals surface area contributed by atoms with Crippen LogP contribution in [0.3, 0.4) is 0 Å². The van der Waals surface area contributed by atoms with Crippen LogP contribution >= 0.6 is 0 Å². The highest BCUT2D eigenvalue weighted by atomic mass is 16.5. The molecule has 1 saturated heterocycles. The van der Waals surface area contributed by atoms with Gasteiger partial charge < -0.3 is 20.1 Å². The fourth-order valence-corrected chi connectivity index (χ4v) is 3.55. The van der Waals surface area contributed by atoms with Crippen molar-refractivity contribution in [3.8, 4) is 5.75 Å². The van der Waals surface area contributed by atoms with E-state index in [4.69, 9.17) is 4.74 Å². The number of β-amino-alcohol motifs (C(OH)–C–C–N with tert-alkyl or cyclic N) is 1. The normalized spacial score (nSPS) is 21.0. The summed E-state index contributed by atoms with van der Waals surface area (Å²) < 4.78 is 5.35. The molecule has 0 saturated carbocycles. The Morgan fingerprint density at radius 1 is 1.38 bits per heavy atom. The van der Waals surface area contributed by atoms with E-state index in [1.807, 2.05) is 24.5 Å². The zero-order valence-electron chi connectivity index (χ0n) is 15.6. The molecule has 2 heterocycles. The van der Waals surface area contributed by atoms with Crippen molar-refractivity contribution in [1.29, 1.82) is 0 Å². The maximum absolute atomic E-state index is 10.3. The first-order valence-corrected chi connectivity index (χ1v) is 9.14. The van der Waals surface area contributed by atoms with Crippen molar-refractivity contribution >= 4 is 17.1 Å².